The third-order valence-corrected chi connectivity index (χ3v) is 3.86. The quantitative estimate of drug-likeness (QED) is 0.887. The summed E-state index contributed by atoms with van der Waals surface area (Å²) in [6.45, 7) is 0. The highest BCUT2D eigenvalue weighted by molar-refractivity contribution is 7.15. The molecule has 0 aliphatic carbocycles. The number of ether oxygens (including phenoxy) is 2. The van der Waals surface area contributed by atoms with E-state index in [0.29, 0.717) is 17.9 Å². The van der Waals surface area contributed by atoms with Crippen LogP contribution in [0.25, 0.3) is 10.6 Å². The molecule has 0 bridgehead atoms. The molecule has 0 atom stereocenters. The van der Waals surface area contributed by atoms with Crippen LogP contribution in [-0.4, -0.2) is 30.3 Å². The van der Waals surface area contributed by atoms with Gasteiger partial charge in [0.15, 0.2) is 11.5 Å². The Hall–Kier alpha value is -2.08. The number of thiazole rings is 1. The number of carboxylic acid groups (broad SMARTS) is 1. The number of rotatable bonds is 6. The van der Waals surface area contributed by atoms with E-state index in [1.54, 1.807) is 20.4 Å². The van der Waals surface area contributed by atoms with Gasteiger partial charge >= 0.3 is 5.97 Å². The van der Waals surface area contributed by atoms with Crippen LogP contribution in [0.3, 0.4) is 0 Å². The van der Waals surface area contributed by atoms with Crippen molar-refractivity contribution in [1.29, 1.82) is 0 Å². The molecule has 1 aromatic carbocycles. The van der Waals surface area contributed by atoms with Gasteiger partial charge in [0.05, 0.1) is 26.2 Å². The maximum Gasteiger partial charge on any atom is 0.303 e. The number of carbonyl (C=O) groups is 1. The molecule has 0 amide bonds. The van der Waals surface area contributed by atoms with E-state index < -0.39 is 5.97 Å². The predicted molar refractivity (Wildman–Crippen MR) is 76.6 cm³/mol. The number of benzene rings is 1. The molecule has 1 heterocycles. The van der Waals surface area contributed by atoms with Crippen LogP contribution in [0.15, 0.2) is 24.4 Å². The van der Waals surface area contributed by atoms with Crippen LogP contribution < -0.4 is 9.47 Å². The molecule has 0 saturated carbocycles. The van der Waals surface area contributed by atoms with Crippen molar-refractivity contribution in [2.45, 2.75) is 12.8 Å². The van der Waals surface area contributed by atoms with E-state index in [4.69, 9.17) is 14.6 Å². The second-order valence-electron chi connectivity index (χ2n) is 4.07. The molecule has 0 aliphatic heterocycles. The van der Waals surface area contributed by atoms with Crippen molar-refractivity contribution < 1.29 is 19.4 Å². The van der Waals surface area contributed by atoms with Gasteiger partial charge in [-0.05, 0) is 18.6 Å². The molecule has 0 unspecified atom stereocenters. The lowest BCUT2D eigenvalue weighted by atomic mass is 10.2. The highest BCUT2D eigenvalue weighted by Crippen LogP contribution is 2.39. The van der Waals surface area contributed by atoms with Crippen LogP contribution in [0.2, 0.25) is 0 Å². The van der Waals surface area contributed by atoms with Crippen LogP contribution in [0.1, 0.15) is 11.3 Å². The van der Waals surface area contributed by atoms with Crippen molar-refractivity contribution in [3.05, 3.63) is 29.3 Å². The number of hydrogen-bond donors (Lipinski definition) is 1. The number of nitrogens with zero attached hydrogens (tertiary/aromatic N) is 1. The maximum atomic E-state index is 10.6. The third-order valence-electron chi connectivity index (χ3n) is 2.77. The number of aryl methyl sites for hydroxylation is 1. The van der Waals surface area contributed by atoms with E-state index in [2.05, 4.69) is 4.98 Å². The number of carboxylic acids is 1. The Kier molecular flexibility index (Phi) is 4.57. The topological polar surface area (TPSA) is 68.7 Å². The average Bonchev–Trinajstić information content (AvgIpc) is 2.92. The van der Waals surface area contributed by atoms with Crippen LogP contribution in [-0.2, 0) is 11.2 Å². The first-order chi connectivity index (χ1) is 9.65. The van der Waals surface area contributed by atoms with Crippen LogP contribution in [0.5, 0.6) is 11.5 Å². The minimum atomic E-state index is -0.807. The number of aromatic nitrogens is 1. The van der Waals surface area contributed by atoms with Gasteiger partial charge in [-0.1, -0.05) is 6.07 Å². The SMILES string of the molecule is COc1cccc(-c2ncc(CCC(=O)O)s2)c1OC. The first kappa shape index (κ1) is 14.3. The fourth-order valence-electron chi connectivity index (χ4n) is 1.83. The molecule has 106 valence electrons. The molecule has 0 fully saturated rings. The van der Waals surface area contributed by atoms with E-state index in [9.17, 15) is 4.79 Å². The second kappa shape index (κ2) is 6.38. The maximum absolute atomic E-state index is 10.6. The van der Waals surface area contributed by atoms with Crippen molar-refractivity contribution in [1.82, 2.24) is 4.98 Å². The number of hydrogen-bond acceptors (Lipinski definition) is 5. The first-order valence-electron chi connectivity index (χ1n) is 6.03. The minimum absolute atomic E-state index is 0.108. The molecule has 6 heteroatoms. The predicted octanol–water partition coefficient (Wildman–Crippen LogP) is 2.84. The normalized spacial score (nSPS) is 10.3. The Morgan fingerprint density at radius 1 is 1.35 bits per heavy atom. The summed E-state index contributed by atoms with van der Waals surface area (Å²) in [5.41, 5.74) is 0.846. The molecule has 0 spiro atoms. The van der Waals surface area contributed by atoms with Gasteiger partial charge in [0.2, 0.25) is 0 Å². The molecule has 0 radical (unpaired) electrons. The van der Waals surface area contributed by atoms with Gasteiger partial charge in [-0.2, -0.15) is 0 Å². The zero-order chi connectivity index (χ0) is 14.5. The summed E-state index contributed by atoms with van der Waals surface area (Å²) >= 11 is 1.47. The zero-order valence-electron chi connectivity index (χ0n) is 11.3. The molecule has 2 rings (SSSR count). The monoisotopic (exact) mass is 293 g/mol. The molecular weight excluding hydrogens is 278 g/mol. The average molecular weight is 293 g/mol. The fourth-order valence-corrected chi connectivity index (χ4v) is 2.77. The summed E-state index contributed by atoms with van der Waals surface area (Å²) in [5, 5.41) is 9.49. The largest absolute Gasteiger partial charge is 0.493 e. The van der Waals surface area contributed by atoms with Crippen molar-refractivity contribution in [2.24, 2.45) is 0 Å². The summed E-state index contributed by atoms with van der Waals surface area (Å²) in [5.74, 6) is 0.473. The van der Waals surface area contributed by atoms with Gasteiger partial charge in [0.25, 0.3) is 0 Å². The summed E-state index contributed by atoms with van der Waals surface area (Å²) in [7, 11) is 3.17. The highest BCUT2D eigenvalue weighted by atomic mass is 32.1. The van der Waals surface area contributed by atoms with Gasteiger partial charge in [0, 0.05) is 11.1 Å². The van der Waals surface area contributed by atoms with E-state index >= 15 is 0 Å². The molecule has 1 N–H and O–H groups in total. The lowest BCUT2D eigenvalue weighted by Gasteiger charge is -2.10. The molecule has 0 aliphatic rings. The molecule has 1 aromatic heterocycles. The standard InChI is InChI=1S/C14H15NO4S/c1-18-11-5-3-4-10(13(11)19-2)14-15-8-9(20-14)6-7-12(16)17/h3-5,8H,6-7H2,1-2H3,(H,16,17). The van der Waals surface area contributed by atoms with E-state index in [0.717, 1.165) is 15.4 Å². The summed E-state index contributed by atoms with van der Waals surface area (Å²) in [6.07, 6.45) is 2.30. The van der Waals surface area contributed by atoms with Gasteiger partial charge in [-0.25, -0.2) is 4.98 Å². The van der Waals surface area contributed by atoms with Crippen molar-refractivity contribution in [3.63, 3.8) is 0 Å². The van der Waals surface area contributed by atoms with Crippen LogP contribution in [0.4, 0.5) is 0 Å². The van der Waals surface area contributed by atoms with Crippen molar-refractivity contribution in [2.75, 3.05) is 14.2 Å². The lowest BCUT2D eigenvalue weighted by Crippen LogP contribution is -1.95. The third kappa shape index (κ3) is 3.08. The molecule has 5 nitrogen and oxygen atoms in total. The number of para-hydroxylation sites is 1. The molecule has 0 saturated heterocycles. The second-order valence-corrected chi connectivity index (χ2v) is 5.18. The molecule has 20 heavy (non-hydrogen) atoms. The Morgan fingerprint density at radius 3 is 2.80 bits per heavy atom. The summed E-state index contributed by atoms with van der Waals surface area (Å²) in [4.78, 5) is 15.9. The van der Waals surface area contributed by atoms with Crippen molar-refractivity contribution >= 4 is 17.3 Å². The van der Waals surface area contributed by atoms with E-state index in [-0.39, 0.29) is 6.42 Å². The van der Waals surface area contributed by atoms with Crippen LogP contribution in [0, 0.1) is 0 Å². The summed E-state index contributed by atoms with van der Waals surface area (Å²) < 4.78 is 10.6. The number of aliphatic carboxylic acids is 1. The Balaban J connectivity index is 2.30. The Labute approximate surface area is 120 Å². The Bertz CT molecular complexity index is 609. The minimum Gasteiger partial charge on any atom is -0.493 e. The Morgan fingerprint density at radius 2 is 2.15 bits per heavy atom. The smallest absolute Gasteiger partial charge is 0.303 e. The first-order valence-corrected chi connectivity index (χ1v) is 6.85. The molecular formula is C14H15NO4S. The molecule has 2 aromatic rings. The zero-order valence-corrected chi connectivity index (χ0v) is 12.1. The van der Waals surface area contributed by atoms with Crippen molar-refractivity contribution in [3.8, 4) is 22.1 Å². The van der Waals surface area contributed by atoms with Gasteiger partial charge in [-0.3, -0.25) is 4.79 Å². The van der Waals surface area contributed by atoms with E-state index in [1.807, 2.05) is 18.2 Å². The number of methoxy groups -OCH3 is 2. The van der Waals surface area contributed by atoms with Gasteiger partial charge in [0.1, 0.15) is 5.01 Å². The van der Waals surface area contributed by atoms with E-state index in [1.165, 1.54) is 11.3 Å². The summed E-state index contributed by atoms with van der Waals surface area (Å²) in [6, 6.07) is 5.59. The van der Waals surface area contributed by atoms with Gasteiger partial charge < -0.3 is 14.6 Å². The van der Waals surface area contributed by atoms with Gasteiger partial charge in [-0.15, -0.1) is 11.3 Å². The lowest BCUT2D eigenvalue weighted by molar-refractivity contribution is -0.136. The fraction of sp³-hybridized carbons (Fsp3) is 0.286. The van der Waals surface area contributed by atoms with Crippen LogP contribution >= 0.6 is 11.3 Å². The highest BCUT2D eigenvalue weighted by Gasteiger charge is 2.14.